The largest absolute Gasteiger partial charge is 0.440 e. The van der Waals surface area contributed by atoms with Crippen LogP contribution in [-0.2, 0) is 4.79 Å². The van der Waals surface area contributed by atoms with Gasteiger partial charge in [0.15, 0.2) is 11.5 Å². The van der Waals surface area contributed by atoms with Gasteiger partial charge in [0.05, 0.1) is 16.8 Å². The number of piperidine rings is 1. The molecule has 1 fully saturated rings. The predicted molar refractivity (Wildman–Crippen MR) is 107 cm³/mol. The van der Waals surface area contributed by atoms with E-state index in [1.807, 2.05) is 49.4 Å². The third kappa shape index (κ3) is 3.84. The number of carbonyl (C=O) groups is 1. The van der Waals surface area contributed by atoms with Gasteiger partial charge in [-0.25, -0.2) is 4.98 Å². The van der Waals surface area contributed by atoms with Crippen molar-refractivity contribution >= 4 is 34.3 Å². The molecule has 2 heterocycles. The third-order valence-corrected chi connectivity index (χ3v) is 5.50. The second kappa shape index (κ2) is 7.71. The van der Waals surface area contributed by atoms with Crippen molar-refractivity contribution in [2.45, 2.75) is 31.7 Å². The second-order valence-corrected chi connectivity index (χ2v) is 7.41. The monoisotopic (exact) mass is 383 g/mol. The number of hydrogen-bond acceptors (Lipinski definition) is 4. The van der Waals surface area contributed by atoms with Gasteiger partial charge in [0.25, 0.3) is 0 Å². The molecule has 1 aromatic heterocycles. The number of rotatable bonds is 4. The first-order valence-electron chi connectivity index (χ1n) is 9.27. The van der Waals surface area contributed by atoms with Crippen molar-refractivity contribution in [3.63, 3.8) is 0 Å². The molecule has 4 rings (SSSR count). The van der Waals surface area contributed by atoms with E-state index < -0.39 is 0 Å². The number of benzene rings is 2. The van der Waals surface area contributed by atoms with Crippen LogP contribution in [0.2, 0.25) is 5.02 Å². The fourth-order valence-corrected chi connectivity index (χ4v) is 3.77. The zero-order valence-electron chi connectivity index (χ0n) is 15.2. The molecular formula is C21H22ClN3O2. The Morgan fingerprint density at radius 3 is 2.85 bits per heavy atom. The molecule has 5 nitrogen and oxygen atoms in total. The molecule has 0 spiro atoms. The first-order chi connectivity index (χ1) is 13.1. The van der Waals surface area contributed by atoms with Crippen LogP contribution in [0.15, 0.2) is 52.9 Å². The molecule has 1 amide bonds. The van der Waals surface area contributed by atoms with Crippen LogP contribution in [0.5, 0.6) is 0 Å². The summed E-state index contributed by atoms with van der Waals surface area (Å²) < 4.78 is 5.95. The average Bonchev–Trinajstić information content (AvgIpc) is 3.13. The van der Waals surface area contributed by atoms with E-state index in [2.05, 4.69) is 15.2 Å². The molecule has 6 heteroatoms. The van der Waals surface area contributed by atoms with Crippen molar-refractivity contribution in [3.05, 3.63) is 59.4 Å². The Bertz CT molecular complexity index is 922. The van der Waals surface area contributed by atoms with Crippen molar-refractivity contribution in [1.29, 1.82) is 0 Å². The van der Waals surface area contributed by atoms with Gasteiger partial charge >= 0.3 is 0 Å². The van der Waals surface area contributed by atoms with Crippen LogP contribution < -0.4 is 5.32 Å². The number of para-hydroxylation sites is 3. The van der Waals surface area contributed by atoms with Crippen LogP contribution in [0.1, 0.15) is 31.6 Å². The minimum atomic E-state index is -0.256. The minimum absolute atomic E-state index is 0.0543. The van der Waals surface area contributed by atoms with E-state index in [4.69, 9.17) is 16.0 Å². The second-order valence-electron chi connectivity index (χ2n) is 7.00. The van der Waals surface area contributed by atoms with E-state index in [1.165, 1.54) is 0 Å². The molecular weight excluding hydrogens is 362 g/mol. The van der Waals surface area contributed by atoms with E-state index in [1.54, 1.807) is 6.07 Å². The minimum Gasteiger partial charge on any atom is -0.440 e. The smallest absolute Gasteiger partial charge is 0.241 e. The fraction of sp³-hybridized carbons (Fsp3) is 0.333. The number of likely N-dealkylation sites (tertiary alicyclic amines) is 1. The van der Waals surface area contributed by atoms with Crippen LogP contribution in [-0.4, -0.2) is 34.9 Å². The van der Waals surface area contributed by atoms with Gasteiger partial charge in [0, 0.05) is 12.5 Å². The number of oxazole rings is 1. The average molecular weight is 384 g/mol. The predicted octanol–water partition coefficient (Wildman–Crippen LogP) is 4.69. The molecule has 2 atom stereocenters. The summed E-state index contributed by atoms with van der Waals surface area (Å²) in [7, 11) is 0. The number of nitrogens with zero attached hydrogens (tertiary/aromatic N) is 2. The zero-order chi connectivity index (χ0) is 18.8. The fourth-order valence-electron chi connectivity index (χ4n) is 3.59. The van der Waals surface area contributed by atoms with E-state index in [9.17, 15) is 4.79 Å². The number of anilines is 1. The SMILES string of the molecule is CC(C(=O)Nc1ccccc1Cl)N1CCCC(c2nc3ccccc3o2)C1. The highest BCUT2D eigenvalue weighted by Crippen LogP contribution is 2.30. The summed E-state index contributed by atoms with van der Waals surface area (Å²) in [6.07, 6.45) is 2.02. The highest BCUT2D eigenvalue weighted by molar-refractivity contribution is 6.33. The zero-order valence-corrected chi connectivity index (χ0v) is 15.9. The summed E-state index contributed by atoms with van der Waals surface area (Å²) in [6, 6.07) is 14.8. The molecule has 0 aliphatic carbocycles. The van der Waals surface area contributed by atoms with Gasteiger partial charge in [0.2, 0.25) is 5.91 Å². The molecule has 1 aliphatic heterocycles. The highest BCUT2D eigenvalue weighted by Gasteiger charge is 2.30. The van der Waals surface area contributed by atoms with Gasteiger partial charge in [-0.3, -0.25) is 9.69 Å². The molecule has 140 valence electrons. The Morgan fingerprint density at radius 1 is 1.26 bits per heavy atom. The summed E-state index contributed by atoms with van der Waals surface area (Å²) in [6.45, 7) is 3.57. The van der Waals surface area contributed by atoms with Crippen LogP contribution in [0.3, 0.4) is 0 Å². The standard InChI is InChI=1S/C21H22ClN3O2/c1-14(20(26)23-17-9-3-2-8-16(17)22)25-12-6-7-15(13-25)21-24-18-10-4-5-11-19(18)27-21/h2-5,8-11,14-15H,6-7,12-13H2,1H3,(H,23,26). The lowest BCUT2D eigenvalue weighted by molar-refractivity contribution is -0.121. The van der Waals surface area contributed by atoms with E-state index in [-0.39, 0.29) is 17.9 Å². The third-order valence-electron chi connectivity index (χ3n) is 5.17. The quantitative estimate of drug-likeness (QED) is 0.710. The molecule has 0 bridgehead atoms. The maximum atomic E-state index is 12.7. The summed E-state index contributed by atoms with van der Waals surface area (Å²) in [5.74, 6) is 0.905. The molecule has 2 aromatic carbocycles. The first kappa shape index (κ1) is 18.0. The van der Waals surface area contributed by atoms with E-state index in [0.717, 1.165) is 42.9 Å². The molecule has 0 radical (unpaired) electrons. The highest BCUT2D eigenvalue weighted by atomic mass is 35.5. The summed E-state index contributed by atoms with van der Waals surface area (Å²) in [5, 5.41) is 3.47. The Balaban J connectivity index is 1.45. The normalized spacial score (nSPS) is 19.1. The Morgan fingerprint density at radius 2 is 2.04 bits per heavy atom. The van der Waals surface area contributed by atoms with Gasteiger partial charge in [0.1, 0.15) is 5.52 Å². The molecule has 2 unspecified atom stereocenters. The van der Waals surface area contributed by atoms with Crippen LogP contribution >= 0.6 is 11.6 Å². The number of hydrogen-bond donors (Lipinski definition) is 1. The van der Waals surface area contributed by atoms with Gasteiger partial charge in [-0.2, -0.15) is 0 Å². The Kier molecular flexibility index (Phi) is 5.14. The molecule has 3 aromatic rings. The van der Waals surface area contributed by atoms with Crippen LogP contribution in [0.4, 0.5) is 5.69 Å². The van der Waals surface area contributed by atoms with Crippen LogP contribution in [0.25, 0.3) is 11.1 Å². The molecule has 0 saturated carbocycles. The Hall–Kier alpha value is -2.37. The summed E-state index contributed by atoms with van der Waals surface area (Å²) in [5.41, 5.74) is 2.34. The van der Waals surface area contributed by atoms with Crippen molar-refractivity contribution < 1.29 is 9.21 Å². The number of aromatic nitrogens is 1. The number of carbonyl (C=O) groups excluding carboxylic acids is 1. The molecule has 1 aliphatic rings. The maximum Gasteiger partial charge on any atom is 0.241 e. The van der Waals surface area contributed by atoms with Crippen LogP contribution in [0, 0.1) is 0 Å². The number of amides is 1. The van der Waals surface area contributed by atoms with Crippen molar-refractivity contribution in [2.75, 3.05) is 18.4 Å². The van der Waals surface area contributed by atoms with Gasteiger partial charge in [-0.1, -0.05) is 35.9 Å². The maximum absolute atomic E-state index is 12.7. The van der Waals surface area contributed by atoms with Crippen molar-refractivity contribution in [1.82, 2.24) is 9.88 Å². The van der Waals surface area contributed by atoms with Gasteiger partial charge in [-0.05, 0) is 50.6 Å². The lowest BCUT2D eigenvalue weighted by Gasteiger charge is -2.34. The van der Waals surface area contributed by atoms with Crippen molar-refractivity contribution in [3.8, 4) is 0 Å². The topological polar surface area (TPSA) is 58.4 Å². The van der Waals surface area contributed by atoms with Gasteiger partial charge < -0.3 is 9.73 Å². The number of nitrogens with one attached hydrogen (secondary N) is 1. The lowest BCUT2D eigenvalue weighted by Crippen LogP contribution is -2.46. The van der Waals surface area contributed by atoms with Gasteiger partial charge in [-0.15, -0.1) is 0 Å². The summed E-state index contributed by atoms with van der Waals surface area (Å²) >= 11 is 6.15. The van der Waals surface area contributed by atoms with E-state index >= 15 is 0 Å². The molecule has 1 N–H and O–H groups in total. The lowest BCUT2D eigenvalue weighted by atomic mass is 9.96. The first-order valence-corrected chi connectivity index (χ1v) is 9.64. The molecule has 1 saturated heterocycles. The Labute approximate surface area is 163 Å². The number of fused-ring (bicyclic) bond motifs is 1. The molecule has 27 heavy (non-hydrogen) atoms. The summed E-state index contributed by atoms with van der Waals surface area (Å²) in [4.78, 5) is 19.5. The number of halogens is 1. The van der Waals surface area contributed by atoms with E-state index in [0.29, 0.717) is 10.7 Å². The van der Waals surface area contributed by atoms with Crippen molar-refractivity contribution in [2.24, 2.45) is 0 Å².